The highest BCUT2D eigenvalue weighted by Gasteiger charge is 2.40. The molecule has 9 nitrogen and oxygen atoms in total. The van der Waals surface area contributed by atoms with Crippen LogP contribution in [0.5, 0.6) is 0 Å². The lowest BCUT2D eigenvalue weighted by molar-refractivity contribution is -0.139. The normalized spacial score (nSPS) is 16.9. The number of halogens is 3. The molecule has 1 aliphatic rings. The van der Waals surface area contributed by atoms with Crippen molar-refractivity contribution in [3.63, 3.8) is 0 Å². The van der Waals surface area contributed by atoms with Crippen molar-refractivity contribution in [1.29, 1.82) is 0 Å². The Kier molecular flexibility index (Phi) is 9.49. The maximum atomic E-state index is 14.4. The SMILES string of the molecule is C=N/C(C#Cc1ccc2c(c1)c(C(N)=O)nn2CC(=O)N1C[C@H](F)C[C@H]1C(=O)NCc1cccc(Cl)c1F)=C\C=C/C. The van der Waals surface area contributed by atoms with Crippen molar-refractivity contribution >= 4 is 46.9 Å². The lowest BCUT2D eigenvalue weighted by Gasteiger charge is -2.24. The number of amides is 3. The Morgan fingerprint density at radius 3 is 2.81 bits per heavy atom. The van der Waals surface area contributed by atoms with E-state index in [1.165, 1.54) is 22.9 Å². The summed E-state index contributed by atoms with van der Waals surface area (Å²) < 4.78 is 29.9. The molecule has 216 valence electrons. The van der Waals surface area contributed by atoms with Gasteiger partial charge in [0.25, 0.3) is 5.91 Å². The number of aromatic nitrogens is 2. The summed E-state index contributed by atoms with van der Waals surface area (Å²) in [6.07, 6.45) is 3.64. The molecule has 3 amide bonds. The van der Waals surface area contributed by atoms with Crippen molar-refractivity contribution in [1.82, 2.24) is 20.0 Å². The van der Waals surface area contributed by atoms with Gasteiger partial charge in [-0.05, 0) is 49.9 Å². The van der Waals surface area contributed by atoms with Crippen LogP contribution in [0.25, 0.3) is 10.9 Å². The van der Waals surface area contributed by atoms with Crippen LogP contribution in [0.1, 0.15) is 35.0 Å². The van der Waals surface area contributed by atoms with Crippen molar-refractivity contribution in [2.45, 2.75) is 38.6 Å². The zero-order valence-electron chi connectivity index (χ0n) is 22.6. The van der Waals surface area contributed by atoms with Gasteiger partial charge in [-0.25, -0.2) is 8.78 Å². The average molecular weight is 593 g/mol. The Morgan fingerprint density at radius 2 is 2.10 bits per heavy atom. The molecule has 2 atom stereocenters. The Hall–Kier alpha value is -4.82. The number of nitrogens with one attached hydrogen (secondary N) is 1. The zero-order valence-corrected chi connectivity index (χ0v) is 23.4. The molecular formula is C30H27ClF2N6O3. The first kappa shape index (κ1) is 30.1. The maximum absolute atomic E-state index is 14.4. The summed E-state index contributed by atoms with van der Waals surface area (Å²) in [7, 11) is 0. The van der Waals surface area contributed by atoms with E-state index in [0.717, 1.165) is 4.90 Å². The Morgan fingerprint density at radius 1 is 1.31 bits per heavy atom. The van der Waals surface area contributed by atoms with Crippen LogP contribution in [0.15, 0.2) is 65.3 Å². The van der Waals surface area contributed by atoms with Gasteiger partial charge < -0.3 is 16.0 Å². The van der Waals surface area contributed by atoms with E-state index < -0.39 is 35.8 Å². The van der Waals surface area contributed by atoms with Crippen LogP contribution in [-0.2, 0) is 22.7 Å². The molecule has 1 fully saturated rings. The highest BCUT2D eigenvalue weighted by molar-refractivity contribution is 6.30. The van der Waals surface area contributed by atoms with Crippen LogP contribution in [0.4, 0.5) is 8.78 Å². The third kappa shape index (κ3) is 6.72. The van der Waals surface area contributed by atoms with Crippen LogP contribution in [-0.4, -0.2) is 57.9 Å². The number of primary amides is 1. The molecule has 2 aromatic carbocycles. The van der Waals surface area contributed by atoms with Crippen LogP contribution in [0.2, 0.25) is 5.02 Å². The summed E-state index contributed by atoms with van der Waals surface area (Å²) >= 11 is 5.79. The molecule has 1 saturated heterocycles. The largest absolute Gasteiger partial charge is 0.364 e. The van der Waals surface area contributed by atoms with E-state index in [1.807, 2.05) is 13.0 Å². The highest BCUT2D eigenvalue weighted by atomic mass is 35.5. The smallest absolute Gasteiger partial charge is 0.269 e. The molecule has 0 radical (unpaired) electrons. The third-order valence-corrected chi connectivity index (χ3v) is 6.87. The minimum Gasteiger partial charge on any atom is -0.364 e. The number of rotatable bonds is 8. The quantitative estimate of drug-likeness (QED) is 0.235. The minimum absolute atomic E-state index is 0.0735. The fraction of sp³-hybridized carbons (Fsp3) is 0.233. The Labute approximate surface area is 245 Å². The number of likely N-dealkylation sites (tertiary alicyclic amines) is 1. The van der Waals surface area contributed by atoms with Gasteiger partial charge >= 0.3 is 0 Å². The van der Waals surface area contributed by atoms with Gasteiger partial charge in [-0.1, -0.05) is 41.8 Å². The van der Waals surface area contributed by atoms with E-state index >= 15 is 0 Å². The third-order valence-electron chi connectivity index (χ3n) is 6.58. The van der Waals surface area contributed by atoms with E-state index in [4.69, 9.17) is 17.3 Å². The number of allylic oxidation sites excluding steroid dienone is 4. The summed E-state index contributed by atoms with van der Waals surface area (Å²) in [5.74, 6) is 3.12. The molecule has 0 aliphatic carbocycles. The number of hydrogen-bond donors (Lipinski definition) is 2. The maximum Gasteiger partial charge on any atom is 0.269 e. The Balaban J connectivity index is 1.55. The van der Waals surface area contributed by atoms with Crippen molar-refractivity contribution < 1.29 is 23.2 Å². The van der Waals surface area contributed by atoms with E-state index in [9.17, 15) is 23.2 Å². The molecule has 0 unspecified atom stereocenters. The second-order valence-electron chi connectivity index (χ2n) is 9.41. The molecule has 42 heavy (non-hydrogen) atoms. The number of carbonyl (C=O) groups excluding carboxylic acids is 3. The summed E-state index contributed by atoms with van der Waals surface area (Å²) in [6.45, 7) is 4.48. The first-order chi connectivity index (χ1) is 20.1. The molecule has 0 spiro atoms. The molecule has 1 aliphatic heterocycles. The summed E-state index contributed by atoms with van der Waals surface area (Å²) in [5.41, 5.74) is 7.03. The summed E-state index contributed by atoms with van der Waals surface area (Å²) in [4.78, 5) is 43.4. The van der Waals surface area contributed by atoms with Crippen LogP contribution in [0.3, 0.4) is 0 Å². The fourth-order valence-electron chi connectivity index (χ4n) is 4.53. The van der Waals surface area contributed by atoms with Gasteiger partial charge in [0.1, 0.15) is 30.3 Å². The van der Waals surface area contributed by atoms with E-state index in [0.29, 0.717) is 22.2 Å². The average Bonchev–Trinajstić information content (AvgIpc) is 3.54. The second kappa shape index (κ2) is 13.2. The van der Waals surface area contributed by atoms with E-state index in [-0.39, 0.29) is 42.3 Å². The summed E-state index contributed by atoms with van der Waals surface area (Å²) in [5, 5.41) is 7.06. The predicted molar refractivity (Wildman–Crippen MR) is 156 cm³/mol. The molecule has 4 rings (SSSR count). The van der Waals surface area contributed by atoms with Crippen molar-refractivity contribution in [2.24, 2.45) is 10.7 Å². The number of carbonyl (C=O) groups is 3. The predicted octanol–water partition coefficient (Wildman–Crippen LogP) is 3.70. The molecule has 3 N–H and O–H groups in total. The molecule has 12 heteroatoms. The fourth-order valence-corrected chi connectivity index (χ4v) is 4.72. The van der Waals surface area contributed by atoms with Gasteiger partial charge in [-0.15, -0.1) is 0 Å². The number of benzene rings is 2. The van der Waals surface area contributed by atoms with E-state index in [1.54, 1.807) is 30.4 Å². The molecule has 0 saturated carbocycles. The van der Waals surface area contributed by atoms with Gasteiger partial charge in [0.2, 0.25) is 11.8 Å². The van der Waals surface area contributed by atoms with Crippen LogP contribution in [0, 0.1) is 17.7 Å². The molecule has 0 bridgehead atoms. The topological polar surface area (TPSA) is 123 Å². The standard InChI is InChI=1S/C30H27ClF2N6O3/c1-3-4-7-21(35-2)11-9-18-10-12-24-22(13-18)28(29(34)41)37-39(24)17-26(40)38-16-20(32)14-25(38)30(42)36-15-19-6-5-8-23(31)27(19)33/h3-8,10,12-13,20,25H,2,14-17H2,1H3,(H2,34,41)(H,36,42)/b4-3-,21-7-/t20-,25+/m1/s1. The van der Waals surface area contributed by atoms with Crippen molar-refractivity contribution in [3.05, 3.63) is 88.0 Å². The number of fused-ring (bicyclic) bond motifs is 1. The van der Waals surface area contributed by atoms with Gasteiger partial charge in [-0.2, -0.15) is 5.10 Å². The lowest BCUT2D eigenvalue weighted by atomic mass is 10.1. The number of hydrogen-bond acceptors (Lipinski definition) is 5. The number of nitrogens with zero attached hydrogens (tertiary/aromatic N) is 4. The van der Waals surface area contributed by atoms with Gasteiger partial charge in [0.15, 0.2) is 5.69 Å². The van der Waals surface area contributed by atoms with Gasteiger partial charge in [0, 0.05) is 29.5 Å². The van der Waals surface area contributed by atoms with Crippen molar-refractivity contribution in [2.75, 3.05) is 6.54 Å². The first-order valence-electron chi connectivity index (χ1n) is 12.9. The molecular weight excluding hydrogens is 566 g/mol. The highest BCUT2D eigenvalue weighted by Crippen LogP contribution is 2.24. The number of alkyl halides is 1. The number of nitrogens with two attached hydrogens (primary N) is 1. The Bertz CT molecular complexity index is 1690. The second-order valence-corrected chi connectivity index (χ2v) is 9.82. The first-order valence-corrected chi connectivity index (χ1v) is 13.3. The summed E-state index contributed by atoms with van der Waals surface area (Å²) in [6, 6.07) is 8.19. The zero-order chi connectivity index (χ0) is 30.4. The molecule has 1 aromatic heterocycles. The molecule has 3 aromatic rings. The number of aliphatic imine (C=N–C) groups is 1. The van der Waals surface area contributed by atoms with Crippen LogP contribution < -0.4 is 11.1 Å². The van der Waals surface area contributed by atoms with Crippen molar-refractivity contribution in [3.8, 4) is 11.8 Å². The van der Waals surface area contributed by atoms with Gasteiger partial charge in [-0.3, -0.25) is 24.1 Å². The lowest BCUT2D eigenvalue weighted by Crippen LogP contribution is -2.46. The minimum atomic E-state index is -1.43. The van der Waals surface area contributed by atoms with E-state index in [2.05, 4.69) is 34.0 Å². The molecule has 2 heterocycles. The van der Waals surface area contributed by atoms with Crippen LogP contribution >= 0.6 is 11.6 Å². The monoisotopic (exact) mass is 592 g/mol. The van der Waals surface area contributed by atoms with Gasteiger partial charge in [0.05, 0.1) is 17.1 Å².